The smallest absolute Gasteiger partial charge is 0.191 e. The highest BCUT2D eigenvalue weighted by Crippen LogP contribution is 2.02. The van der Waals surface area contributed by atoms with Gasteiger partial charge in [0, 0.05) is 33.4 Å². The highest BCUT2D eigenvalue weighted by atomic mass is 127. The van der Waals surface area contributed by atoms with Crippen molar-refractivity contribution < 1.29 is 9.13 Å². The van der Waals surface area contributed by atoms with Crippen molar-refractivity contribution in [1.29, 1.82) is 0 Å². The first-order valence-electron chi connectivity index (χ1n) is 6.53. The molecule has 0 aromatic heterocycles. The number of nitrogens with zero attached hydrogens (tertiary/aromatic N) is 1. The molecule has 0 spiro atoms. The lowest BCUT2D eigenvalue weighted by molar-refractivity contribution is 0.145. The predicted octanol–water partition coefficient (Wildman–Crippen LogP) is 2.54. The Kier molecular flexibility index (Phi) is 11.4. The summed E-state index contributed by atoms with van der Waals surface area (Å²) in [7, 11) is 1.71. The summed E-state index contributed by atoms with van der Waals surface area (Å²) in [5.41, 5.74) is 0.886. The van der Waals surface area contributed by atoms with Gasteiger partial charge in [-0.1, -0.05) is 12.1 Å². The molecule has 20 heavy (non-hydrogen) atoms. The quantitative estimate of drug-likeness (QED) is 0.323. The maximum absolute atomic E-state index is 13.0. The van der Waals surface area contributed by atoms with Crippen LogP contribution in [0.4, 0.5) is 4.39 Å². The number of hydrogen-bond donors (Lipinski definition) is 2. The van der Waals surface area contributed by atoms with Crippen LogP contribution < -0.4 is 10.6 Å². The number of aliphatic imine (C=N–C) groups is 1. The Morgan fingerprint density at radius 1 is 1.35 bits per heavy atom. The number of nitrogens with one attached hydrogen (secondary N) is 2. The minimum absolute atomic E-state index is 0. The first-order chi connectivity index (χ1) is 9.26. The molecule has 1 rings (SSSR count). The molecular formula is C14H23FIN3O. The topological polar surface area (TPSA) is 45.6 Å². The van der Waals surface area contributed by atoms with Gasteiger partial charge < -0.3 is 15.4 Å². The van der Waals surface area contributed by atoms with Crippen LogP contribution in [0, 0.1) is 5.82 Å². The number of ether oxygens (including phenoxy) is 1. The predicted molar refractivity (Wildman–Crippen MR) is 91.1 cm³/mol. The van der Waals surface area contributed by atoms with Crippen LogP contribution in [-0.2, 0) is 11.3 Å². The Labute approximate surface area is 137 Å². The third kappa shape index (κ3) is 8.31. The molecule has 6 heteroatoms. The minimum Gasteiger partial charge on any atom is -0.382 e. The Bertz CT molecular complexity index is 402. The summed E-state index contributed by atoms with van der Waals surface area (Å²) >= 11 is 0. The van der Waals surface area contributed by atoms with E-state index in [2.05, 4.69) is 15.6 Å². The van der Waals surface area contributed by atoms with Crippen LogP contribution in [0.2, 0.25) is 0 Å². The molecule has 0 bridgehead atoms. The second-order valence-corrected chi connectivity index (χ2v) is 4.03. The molecule has 0 unspecified atom stereocenters. The van der Waals surface area contributed by atoms with Crippen LogP contribution in [0.3, 0.4) is 0 Å². The number of guanidine groups is 1. The van der Waals surface area contributed by atoms with E-state index in [9.17, 15) is 4.39 Å². The third-order valence-electron chi connectivity index (χ3n) is 2.53. The van der Waals surface area contributed by atoms with Crippen LogP contribution in [-0.4, -0.2) is 32.8 Å². The van der Waals surface area contributed by atoms with Crippen LogP contribution in [0.25, 0.3) is 0 Å². The maximum atomic E-state index is 13.0. The van der Waals surface area contributed by atoms with Gasteiger partial charge in [0.15, 0.2) is 5.96 Å². The fourth-order valence-corrected chi connectivity index (χ4v) is 1.58. The number of hydrogen-bond acceptors (Lipinski definition) is 2. The number of rotatable bonds is 7. The molecule has 0 aliphatic heterocycles. The lowest BCUT2D eigenvalue weighted by Gasteiger charge is -2.11. The van der Waals surface area contributed by atoms with Crippen molar-refractivity contribution in [3.8, 4) is 0 Å². The van der Waals surface area contributed by atoms with E-state index in [4.69, 9.17) is 4.74 Å². The molecule has 0 atom stereocenters. The molecule has 0 aliphatic carbocycles. The minimum atomic E-state index is -0.223. The molecule has 0 amide bonds. The average Bonchev–Trinajstić information content (AvgIpc) is 2.42. The summed E-state index contributed by atoms with van der Waals surface area (Å²) < 4.78 is 18.3. The van der Waals surface area contributed by atoms with Crippen molar-refractivity contribution in [2.75, 3.05) is 26.8 Å². The largest absolute Gasteiger partial charge is 0.382 e. The first-order valence-corrected chi connectivity index (χ1v) is 6.53. The van der Waals surface area contributed by atoms with Crippen LogP contribution in [0.5, 0.6) is 0 Å². The number of benzene rings is 1. The Morgan fingerprint density at radius 3 is 2.80 bits per heavy atom. The van der Waals surface area contributed by atoms with E-state index in [1.54, 1.807) is 13.1 Å². The van der Waals surface area contributed by atoms with Crippen molar-refractivity contribution in [2.24, 2.45) is 4.99 Å². The van der Waals surface area contributed by atoms with E-state index in [0.717, 1.165) is 31.7 Å². The van der Waals surface area contributed by atoms with Crippen molar-refractivity contribution in [3.63, 3.8) is 0 Å². The van der Waals surface area contributed by atoms with E-state index in [-0.39, 0.29) is 29.8 Å². The van der Waals surface area contributed by atoms with Crippen molar-refractivity contribution in [2.45, 2.75) is 19.9 Å². The molecule has 4 nitrogen and oxygen atoms in total. The molecule has 114 valence electrons. The van der Waals surface area contributed by atoms with Gasteiger partial charge in [0.2, 0.25) is 0 Å². The summed E-state index contributed by atoms with van der Waals surface area (Å²) in [5, 5.41) is 6.31. The van der Waals surface area contributed by atoms with Gasteiger partial charge in [-0.05, 0) is 31.0 Å². The van der Waals surface area contributed by atoms with Crippen LogP contribution in [0.15, 0.2) is 29.3 Å². The Hall–Kier alpha value is -0.890. The SMILES string of the molecule is CCOCCCNC(=NC)NCc1cccc(F)c1.I. The molecule has 0 fully saturated rings. The van der Waals surface area contributed by atoms with Gasteiger partial charge in [0.25, 0.3) is 0 Å². The van der Waals surface area contributed by atoms with Crippen molar-refractivity contribution >= 4 is 29.9 Å². The highest BCUT2D eigenvalue weighted by Gasteiger charge is 1.99. The Balaban J connectivity index is 0.00000361. The van der Waals surface area contributed by atoms with Crippen molar-refractivity contribution in [1.82, 2.24) is 10.6 Å². The van der Waals surface area contributed by atoms with Gasteiger partial charge in [0.1, 0.15) is 5.82 Å². The van der Waals surface area contributed by atoms with E-state index < -0.39 is 0 Å². The fourth-order valence-electron chi connectivity index (χ4n) is 1.58. The van der Waals surface area contributed by atoms with Crippen molar-refractivity contribution in [3.05, 3.63) is 35.6 Å². The summed E-state index contributed by atoms with van der Waals surface area (Å²) in [6.45, 7) is 4.80. The molecule has 2 N–H and O–H groups in total. The van der Waals surface area contributed by atoms with Gasteiger partial charge >= 0.3 is 0 Å². The lowest BCUT2D eigenvalue weighted by Crippen LogP contribution is -2.37. The first kappa shape index (κ1) is 19.1. The molecule has 0 heterocycles. The van der Waals surface area contributed by atoms with Crippen LogP contribution in [0.1, 0.15) is 18.9 Å². The van der Waals surface area contributed by atoms with Gasteiger partial charge in [-0.15, -0.1) is 24.0 Å². The second-order valence-electron chi connectivity index (χ2n) is 4.03. The Morgan fingerprint density at radius 2 is 2.15 bits per heavy atom. The molecule has 1 aromatic carbocycles. The zero-order valence-corrected chi connectivity index (χ0v) is 14.3. The summed E-state index contributed by atoms with van der Waals surface area (Å²) in [6, 6.07) is 6.52. The zero-order chi connectivity index (χ0) is 13.9. The third-order valence-corrected chi connectivity index (χ3v) is 2.53. The molecule has 0 saturated heterocycles. The van der Waals surface area contributed by atoms with Gasteiger partial charge in [-0.25, -0.2) is 4.39 Å². The molecule has 0 saturated carbocycles. The summed E-state index contributed by atoms with van der Waals surface area (Å²) in [6.07, 6.45) is 0.925. The maximum Gasteiger partial charge on any atom is 0.191 e. The standard InChI is InChI=1S/C14H22FN3O.HI/c1-3-19-9-5-8-17-14(16-2)18-11-12-6-4-7-13(15)10-12;/h4,6-7,10H,3,5,8-9,11H2,1-2H3,(H2,16,17,18);1H. The summed E-state index contributed by atoms with van der Waals surface area (Å²) in [4.78, 5) is 4.10. The van der Waals surface area contributed by atoms with E-state index in [1.807, 2.05) is 13.0 Å². The highest BCUT2D eigenvalue weighted by molar-refractivity contribution is 14.0. The number of halogens is 2. The van der Waals surface area contributed by atoms with Gasteiger partial charge in [-0.2, -0.15) is 0 Å². The molecule has 0 aliphatic rings. The van der Waals surface area contributed by atoms with Gasteiger partial charge in [0.05, 0.1) is 0 Å². The molecule has 0 radical (unpaired) electrons. The van der Waals surface area contributed by atoms with Gasteiger partial charge in [-0.3, -0.25) is 4.99 Å². The lowest BCUT2D eigenvalue weighted by atomic mass is 10.2. The second kappa shape index (κ2) is 11.9. The van der Waals surface area contributed by atoms with Crippen LogP contribution >= 0.6 is 24.0 Å². The summed E-state index contributed by atoms with van der Waals surface area (Å²) in [5.74, 6) is 0.486. The van der Waals surface area contributed by atoms with E-state index in [1.165, 1.54) is 12.1 Å². The zero-order valence-electron chi connectivity index (χ0n) is 12.0. The fraction of sp³-hybridized carbons (Fsp3) is 0.500. The normalized spacial score (nSPS) is 10.8. The monoisotopic (exact) mass is 395 g/mol. The van der Waals surface area contributed by atoms with E-state index >= 15 is 0 Å². The average molecular weight is 395 g/mol. The molecule has 1 aromatic rings. The van der Waals surface area contributed by atoms with E-state index in [0.29, 0.717) is 12.5 Å². The molecular weight excluding hydrogens is 372 g/mol.